The van der Waals surface area contributed by atoms with Crippen molar-refractivity contribution >= 4 is 29.1 Å². The fourth-order valence-corrected chi connectivity index (χ4v) is 4.18. The van der Waals surface area contributed by atoms with Crippen molar-refractivity contribution < 1.29 is 23.9 Å². The van der Waals surface area contributed by atoms with E-state index in [0.717, 1.165) is 12.8 Å². The summed E-state index contributed by atoms with van der Waals surface area (Å²) in [6, 6.07) is 11.5. The molecule has 0 bridgehead atoms. The Morgan fingerprint density at radius 1 is 1.10 bits per heavy atom. The first-order chi connectivity index (χ1) is 15.0. The van der Waals surface area contributed by atoms with E-state index in [2.05, 4.69) is 5.32 Å². The number of benzene rings is 2. The molecule has 8 nitrogen and oxygen atoms in total. The lowest BCUT2D eigenvalue weighted by molar-refractivity contribution is -0.125. The number of rotatable bonds is 5. The summed E-state index contributed by atoms with van der Waals surface area (Å²) in [7, 11) is 3.04. The topological polar surface area (TPSA) is 88.2 Å². The molecule has 0 saturated carbocycles. The monoisotopic (exact) mass is 423 g/mol. The number of para-hydroxylation sites is 1. The molecule has 1 saturated heterocycles. The molecule has 0 aliphatic carbocycles. The second-order valence-electron chi connectivity index (χ2n) is 7.57. The maximum Gasteiger partial charge on any atom is 0.256 e. The zero-order chi connectivity index (χ0) is 22.0. The van der Waals surface area contributed by atoms with Crippen molar-refractivity contribution in [2.75, 3.05) is 37.5 Å². The Labute approximate surface area is 180 Å². The van der Waals surface area contributed by atoms with E-state index in [0.29, 0.717) is 41.4 Å². The number of hydrogen-bond donors (Lipinski definition) is 1. The lowest BCUT2D eigenvalue weighted by Crippen LogP contribution is -2.52. The SMILES string of the molecule is COc1ccc(OC)c(NC(=O)CN2C(=O)C3CCCCN3C(=O)c3ccccc32)c1. The largest absolute Gasteiger partial charge is 0.497 e. The van der Waals surface area contributed by atoms with E-state index >= 15 is 0 Å². The summed E-state index contributed by atoms with van der Waals surface area (Å²) in [6.07, 6.45) is 2.34. The van der Waals surface area contributed by atoms with E-state index in [1.807, 2.05) is 0 Å². The van der Waals surface area contributed by atoms with Gasteiger partial charge in [0, 0.05) is 12.6 Å². The fourth-order valence-electron chi connectivity index (χ4n) is 4.18. The predicted molar refractivity (Wildman–Crippen MR) is 116 cm³/mol. The Morgan fingerprint density at radius 3 is 2.68 bits per heavy atom. The predicted octanol–water partition coefficient (Wildman–Crippen LogP) is 2.68. The van der Waals surface area contributed by atoms with Gasteiger partial charge in [0.1, 0.15) is 24.1 Å². The molecule has 1 N–H and O–H groups in total. The number of piperidine rings is 1. The van der Waals surface area contributed by atoms with Gasteiger partial charge in [-0.2, -0.15) is 0 Å². The molecule has 1 unspecified atom stereocenters. The molecule has 4 rings (SSSR count). The first kappa shape index (κ1) is 20.7. The Morgan fingerprint density at radius 2 is 1.90 bits per heavy atom. The van der Waals surface area contributed by atoms with Gasteiger partial charge in [-0.3, -0.25) is 14.4 Å². The molecule has 0 spiro atoms. The molecule has 2 heterocycles. The number of ether oxygens (including phenoxy) is 2. The number of carbonyl (C=O) groups is 3. The van der Waals surface area contributed by atoms with Crippen LogP contribution in [0.25, 0.3) is 0 Å². The summed E-state index contributed by atoms with van der Waals surface area (Å²) in [5.41, 5.74) is 1.34. The zero-order valence-electron chi connectivity index (χ0n) is 17.6. The van der Waals surface area contributed by atoms with E-state index in [4.69, 9.17) is 9.47 Å². The van der Waals surface area contributed by atoms with Gasteiger partial charge >= 0.3 is 0 Å². The van der Waals surface area contributed by atoms with Crippen molar-refractivity contribution in [3.8, 4) is 11.5 Å². The van der Waals surface area contributed by atoms with Gasteiger partial charge in [0.05, 0.1) is 31.2 Å². The molecule has 1 atom stereocenters. The van der Waals surface area contributed by atoms with Crippen LogP contribution in [0, 0.1) is 0 Å². The number of fused-ring (bicyclic) bond motifs is 2. The van der Waals surface area contributed by atoms with Crippen molar-refractivity contribution in [3.63, 3.8) is 0 Å². The highest BCUT2D eigenvalue weighted by Crippen LogP contribution is 2.32. The number of methoxy groups -OCH3 is 2. The Balaban J connectivity index is 1.64. The van der Waals surface area contributed by atoms with Crippen LogP contribution in [-0.4, -0.2) is 56.0 Å². The maximum absolute atomic E-state index is 13.4. The average Bonchev–Trinajstić information content (AvgIpc) is 2.89. The van der Waals surface area contributed by atoms with E-state index in [-0.39, 0.29) is 18.4 Å². The molecule has 8 heteroatoms. The second-order valence-corrected chi connectivity index (χ2v) is 7.57. The molecular weight excluding hydrogens is 398 g/mol. The quantitative estimate of drug-likeness (QED) is 0.799. The van der Waals surface area contributed by atoms with Crippen LogP contribution >= 0.6 is 0 Å². The molecule has 2 aromatic rings. The minimum atomic E-state index is -0.548. The second kappa shape index (κ2) is 8.67. The van der Waals surface area contributed by atoms with Gasteiger partial charge in [-0.25, -0.2) is 0 Å². The highest BCUT2D eigenvalue weighted by atomic mass is 16.5. The fraction of sp³-hybridized carbons (Fsp3) is 0.348. The lowest BCUT2D eigenvalue weighted by atomic mass is 10.0. The molecule has 2 aliphatic heterocycles. The standard InChI is InChI=1S/C23H25N3O5/c1-30-15-10-11-20(31-2)17(13-15)24-21(27)14-26-18-8-4-3-7-16(18)22(28)25-12-6-5-9-19(25)23(26)29/h3-4,7-8,10-11,13,19H,5-6,9,12,14H2,1-2H3,(H,24,27). The first-order valence-corrected chi connectivity index (χ1v) is 10.3. The van der Waals surface area contributed by atoms with Gasteiger partial charge in [0.15, 0.2) is 0 Å². The zero-order valence-corrected chi connectivity index (χ0v) is 17.6. The average molecular weight is 423 g/mol. The van der Waals surface area contributed by atoms with Crippen molar-refractivity contribution in [1.82, 2.24) is 4.90 Å². The van der Waals surface area contributed by atoms with Crippen LogP contribution in [0.5, 0.6) is 11.5 Å². The molecule has 0 radical (unpaired) electrons. The van der Waals surface area contributed by atoms with Crippen LogP contribution in [0.15, 0.2) is 42.5 Å². The highest BCUT2D eigenvalue weighted by Gasteiger charge is 2.41. The van der Waals surface area contributed by atoms with Crippen molar-refractivity contribution in [2.45, 2.75) is 25.3 Å². The molecule has 2 aliphatic rings. The summed E-state index contributed by atoms with van der Waals surface area (Å²) < 4.78 is 10.5. The van der Waals surface area contributed by atoms with Gasteiger partial charge in [0.2, 0.25) is 11.8 Å². The number of hydrogen-bond acceptors (Lipinski definition) is 5. The third-order valence-corrected chi connectivity index (χ3v) is 5.72. The third kappa shape index (κ3) is 3.93. The van der Waals surface area contributed by atoms with Crippen LogP contribution in [0.3, 0.4) is 0 Å². The van der Waals surface area contributed by atoms with Crippen LogP contribution in [-0.2, 0) is 9.59 Å². The molecule has 1 fully saturated rings. The van der Waals surface area contributed by atoms with Gasteiger partial charge in [-0.05, 0) is 43.5 Å². The van der Waals surface area contributed by atoms with Crippen LogP contribution in [0.4, 0.5) is 11.4 Å². The minimum absolute atomic E-state index is 0.161. The molecule has 162 valence electrons. The normalized spacial score (nSPS) is 18.1. The van der Waals surface area contributed by atoms with Crippen LogP contribution < -0.4 is 19.7 Å². The Bertz CT molecular complexity index is 1020. The number of nitrogens with zero attached hydrogens (tertiary/aromatic N) is 2. The van der Waals surface area contributed by atoms with Crippen molar-refractivity contribution in [1.29, 1.82) is 0 Å². The van der Waals surface area contributed by atoms with Crippen molar-refractivity contribution in [2.24, 2.45) is 0 Å². The Hall–Kier alpha value is -3.55. The van der Waals surface area contributed by atoms with Gasteiger partial charge in [-0.15, -0.1) is 0 Å². The summed E-state index contributed by atoms with van der Waals surface area (Å²) in [5, 5.41) is 2.80. The van der Waals surface area contributed by atoms with Crippen LogP contribution in [0.2, 0.25) is 0 Å². The molecular formula is C23H25N3O5. The number of anilines is 2. The summed E-state index contributed by atoms with van der Waals surface area (Å²) in [4.78, 5) is 42.5. The van der Waals surface area contributed by atoms with E-state index in [1.165, 1.54) is 19.1 Å². The molecule has 3 amide bonds. The number of amides is 3. The van der Waals surface area contributed by atoms with E-state index in [1.54, 1.807) is 47.4 Å². The van der Waals surface area contributed by atoms with E-state index < -0.39 is 11.9 Å². The molecule has 2 aromatic carbocycles. The smallest absolute Gasteiger partial charge is 0.256 e. The molecule has 0 aromatic heterocycles. The molecule has 31 heavy (non-hydrogen) atoms. The third-order valence-electron chi connectivity index (χ3n) is 5.72. The Kier molecular flexibility index (Phi) is 5.79. The van der Waals surface area contributed by atoms with Gasteiger partial charge in [0.25, 0.3) is 5.91 Å². The summed E-state index contributed by atoms with van der Waals surface area (Å²) in [5.74, 6) is 0.254. The lowest BCUT2D eigenvalue weighted by Gasteiger charge is -2.34. The summed E-state index contributed by atoms with van der Waals surface area (Å²) in [6.45, 7) is 0.332. The number of carbonyl (C=O) groups excluding carboxylic acids is 3. The van der Waals surface area contributed by atoms with Gasteiger partial charge in [-0.1, -0.05) is 12.1 Å². The van der Waals surface area contributed by atoms with E-state index in [9.17, 15) is 14.4 Å². The van der Waals surface area contributed by atoms with Crippen molar-refractivity contribution in [3.05, 3.63) is 48.0 Å². The van der Waals surface area contributed by atoms with Crippen LogP contribution in [0.1, 0.15) is 29.6 Å². The number of nitrogens with one attached hydrogen (secondary N) is 1. The van der Waals surface area contributed by atoms with Gasteiger partial charge < -0.3 is 24.6 Å². The maximum atomic E-state index is 13.4. The summed E-state index contributed by atoms with van der Waals surface area (Å²) >= 11 is 0. The first-order valence-electron chi connectivity index (χ1n) is 10.3. The highest BCUT2D eigenvalue weighted by molar-refractivity contribution is 6.13. The minimum Gasteiger partial charge on any atom is -0.497 e.